The molecule has 1 rings (SSSR count). The van der Waals surface area contributed by atoms with Crippen LogP contribution in [-0.2, 0) is 9.59 Å². The SMILES string of the molecule is CC(C)C(N)CC(=O)N1CCCC(C)(C(=O)O)C1. The number of carboxylic acids is 1. The van der Waals surface area contributed by atoms with Gasteiger partial charge in [0.25, 0.3) is 0 Å². The third-order valence-corrected chi connectivity index (χ3v) is 3.83. The van der Waals surface area contributed by atoms with E-state index in [2.05, 4.69) is 0 Å². The number of likely N-dealkylation sites (tertiary alicyclic amines) is 1. The molecule has 1 heterocycles. The number of aliphatic carboxylic acids is 1. The van der Waals surface area contributed by atoms with Crippen molar-refractivity contribution in [2.75, 3.05) is 13.1 Å². The van der Waals surface area contributed by atoms with Gasteiger partial charge in [0, 0.05) is 25.6 Å². The van der Waals surface area contributed by atoms with Crippen LogP contribution in [0.25, 0.3) is 0 Å². The molecule has 0 aliphatic carbocycles. The number of amides is 1. The predicted octanol–water partition coefficient (Wildman–Crippen LogP) is 1.07. The van der Waals surface area contributed by atoms with E-state index in [4.69, 9.17) is 5.73 Å². The van der Waals surface area contributed by atoms with E-state index in [9.17, 15) is 14.7 Å². The Kier molecular flexibility index (Phi) is 4.73. The average Bonchev–Trinajstić information content (AvgIpc) is 2.28. The van der Waals surface area contributed by atoms with Crippen molar-refractivity contribution in [3.63, 3.8) is 0 Å². The van der Waals surface area contributed by atoms with Crippen molar-refractivity contribution in [1.29, 1.82) is 0 Å². The number of nitrogens with two attached hydrogens (primary N) is 1. The Morgan fingerprint density at radius 2 is 2.06 bits per heavy atom. The summed E-state index contributed by atoms with van der Waals surface area (Å²) in [5.41, 5.74) is 5.08. The van der Waals surface area contributed by atoms with Gasteiger partial charge in [0.1, 0.15) is 0 Å². The molecule has 0 aromatic rings. The lowest BCUT2D eigenvalue weighted by Crippen LogP contribution is -2.49. The van der Waals surface area contributed by atoms with Gasteiger partial charge in [0.2, 0.25) is 5.91 Å². The van der Waals surface area contributed by atoms with Gasteiger partial charge in [0.15, 0.2) is 0 Å². The molecule has 0 spiro atoms. The molecule has 0 radical (unpaired) electrons. The van der Waals surface area contributed by atoms with Gasteiger partial charge >= 0.3 is 5.97 Å². The van der Waals surface area contributed by atoms with Gasteiger partial charge in [-0.15, -0.1) is 0 Å². The first-order valence-corrected chi connectivity index (χ1v) is 6.53. The first-order chi connectivity index (χ1) is 8.26. The molecule has 5 nitrogen and oxygen atoms in total. The molecule has 1 saturated heterocycles. The van der Waals surface area contributed by atoms with Crippen molar-refractivity contribution >= 4 is 11.9 Å². The van der Waals surface area contributed by atoms with Gasteiger partial charge in [-0.2, -0.15) is 0 Å². The number of piperidine rings is 1. The Morgan fingerprint density at radius 1 is 1.44 bits per heavy atom. The molecule has 1 aliphatic heterocycles. The minimum absolute atomic E-state index is 0.0247. The molecule has 0 aromatic heterocycles. The third kappa shape index (κ3) is 3.45. The highest BCUT2D eigenvalue weighted by Gasteiger charge is 2.39. The molecule has 18 heavy (non-hydrogen) atoms. The summed E-state index contributed by atoms with van der Waals surface area (Å²) in [6.45, 7) is 6.61. The number of carbonyl (C=O) groups is 2. The molecule has 2 unspecified atom stereocenters. The summed E-state index contributed by atoms with van der Waals surface area (Å²) in [6, 6.07) is -0.157. The number of carboxylic acid groups (broad SMARTS) is 1. The van der Waals surface area contributed by atoms with Crippen molar-refractivity contribution in [1.82, 2.24) is 4.90 Å². The van der Waals surface area contributed by atoms with Crippen LogP contribution in [0.3, 0.4) is 0 Å². The summed E-state index contributed by atoms with van der Waals surface area (Å²) in [4.78, 5) is 24.9. The average molecular weight is 256 g/mol. The highest BCUT2D eigenvalue weighted by atomic mass is 16.4. The van der Waals surface area contributed by atoms with Gasteiger partial charge in [-0.05, 0) is 25.7 Å². The summed E-state index contributed by atoms with van der Waals surface area (Å²) in [6.07, 6.45) is 1.67. The molecule has 3 N–H and O–H groups in total. The Labute approximate surface area is 108 Å². The molecule has 1 aliphatic rings. The third-order valence-electron chi connectivity index (χ3n) is 3.83. The van der Waals surface area contributed by atoms with E-state index in [-0.39, 0.29) is 17.9 Å². The minimum atomic E-state index is -0.826. The van der Waals surface area contributed by atoms with Crippen LogP contribution < -0.4 is 5.73 Å². The van der Waals surface area contributed by atoms with Crippen LogP contribution in [0.2, 0.25) is 0 Å². The van der Waals surface area contributed by atoms with Gasteiger partial charge in [-0.1, -0.05) is 13.8 Å². The van der Waals surface area contributed by atoms with Gasteiger partial charge in [0.05, 0.1) is 5.41 Å². The maximum atomic E-state index is 12.1. The first kappa shape index (κ1) is 15.0. The van der Waals surface area contributed by atoms with Crippen LogP contribution in [0, 0.1) is 11.3 Å². The van der Waals surface area contributed by atoms with Crippen LogP contribution in [0.15, 0.2) is 0 Å². The van der Waals surface area contributed by atoms with E-state index in [1.807, 2.05) is 13.8 Å². The van der Waals surface area contributed by atoms with Crippen molar-refractivity contribution in [2.45, 2.75) is 46.1 Å². The number of hydrogen-bond donors (Lipinski definition) is 2. The molecule has 5 heteroatoms. The second kappa shape index (κ2) is 5.69. The number of carbonyl (C=O) groups excluding carboxylic acids is 1. The molecule has 2 atom stereocenters. The van der Waals surface area contributed by atoms with Gasteiger partial charge < -0.3 is 15.7 Å². The lowest BCUT2D eigenvalue weighted by molar-refractivity contribution is -0.153. The highest BCUT2D eigenvalue weighted by Crippen LogP contribution is 2.30. The van der Waals surface area contributed by atoms with Crippen LogP contribution >= 0.6 is 0 Å². The molecule has 0 aromatic carbocycles. The Balaban J connectivity index is 2.62. The van der Waals surface area contributed by atoms with E-state index in [0.29, 0.717) is 25.9 Å². The second-order valence-electron chi connectivity index (χ2n) is 5.90. The van der Waals surface area contributed by atoms with E-state index in [1.54, 1.807) is 11.8 Å². The van der Waals surface area contributed by atoms with Crippen molar-refractivity contribution in [2.24, 2.45) is 17.1 Å². The summed E-state index contributed by atoms with van der Waals surface area (Å²) in [5.74, 6) is -0.596. The normalized spacial score (nSPS) is 26.2. The Hall–Kier alpha value is -1.10. The molecule has 0 saturated carbocycles. The van der Waals surface area contributed by atoms with E-state index in [0.717, 1.165) is 6.42 Å². The van der Waals surface area contributed by atoms with E-state index in [1.165, 1.54) is 0 Å². The summed E-state index contributed by atoms with van der Waals surface area (Å²) in [5, 5.41) is 9.20. The second-order valence-corrected chi connectivity index (χ2v) is 5.90. The fraction of sp³-hybridized carbons (Fsp3) is 0.846. The zero-order valence-electron chi connectivity index (χ0n) is 11.5. The molecule has 104 valence electrons. The zero-order chi connectivity index (χ0) is 13.9. The van der Waals surface area contributed by atoms with Crippen molar-refractivity contribution in [3.05, 3.63) is 0 Å². The lowest BCUT2D eigenvalue weighted by Gasteiger charge is -2.38. The summed E-state index contributed by atoms with van der Waals surface area (Å²) < 4.78 is 0. The minimum Gasteiger partial charge on any atom is -0.481 e. The number of nitrogens with zero attached hydrogens (tertiary/aromatic N) is 1. The summed E-state index contributed by atoms with van der Waals surface area (Å²) in [7, 11) is 0. The van der Waals surface area contributed by atoms with Crippen molar-refractivity contribution < 1.29 is 14.7 Å². The topological polar surface area (TPSA) is 83.6 Å². The standard InChI is InChI=1S/C13H24N2O3/c1-9(2)10(14)7-11(16)15-6-4-5-13(3,8-15)12(17)18/h9-10H,4-8,14H2,1-3H3,(H,17,18). The molecular weight excluding hydrogens is 232 g/mol. The van der Waals surface area contributed by atoms with Gasteiger partial charge in [-0.3, -0.25) is 9.59 Å². The fourth-order valence-electron chi connectivity index (χ4n) is 2.19. The fourth-order valence-corrected chi connectivity index (χ4v) is 2.19. The predicted molar refractivity (Wildman–Crippen MR) is 69.0 cm³/mol. The van der Waals surface area contributed by atoms with Crippen LogP contribution in [0.1, 0.15) is 40.0 Å². The Bertz CT molecular complexity index is 330. The number of rotatable bonds is 4. The van der Waals surface area contributed by atoms with Crippen molar-refractivity contribution in [3.8, 4) is 0 Å². The largest absolute Gasteiger partial charge is 0.481 e. The maximum absolute atomic E-state index is 12.1. The van der Waals surface area contributed by atoms with E-state index < -0.39 is 11.4 Å². The van der Waals surface area contributed by atoms with Crippen LogP contribution in [0.5, 0.6) is 0 Å². The van der Waals surface area contributed by atoms with Crippen LogP contribution in [-0.4, -0.2) is 41.0 Å². The monoisotopic (exact) mass is 256 g/mol. The molecule has 1 amide bonds. The molecule has 0 bridgehead atoms. The van der Waals surface area contributed by atoms with Crippen LogP contribution in [0.4, 0.5) is 0 Å². The zero-order valence-corrected chi connectivity index (χ0v) is 11.5. The quantitative estimate of drug-likeness (QED) is 0.788. The smallest absolute Gasteiger partial charge is 0.311 e. The lowest BCUT2D eigenvalue weighted by atomic mass is 9.82. The van der Waals surface area contributed by atoms with E-state index >= 15 is 0 Å². The highest BCUT2D eigenvalue weighted by molar-refractivity contribution is 5.79. The molecular formula is C13H24N2O3. The summed E-state index contributed by atoms with van der Waals surface area (Å²) >= 11 is 0. The number of hydrogen-bond acceptors (Lipinski definition) is 3. The molecule has 1 fully saturated rings. The first-order valence-electron chi connectivity index (χ1n) is 6.53. The van der Waals surface area contributed by atoms with Gasteiger partial charge in [-0.25, -0.2) is 0 Å². The Morgan fingerprint density at radius 3 is 2.56 bits per heavy atom. The maximum Gasteiger partial charge on any atom is 0.311 e.